The average Bonchev–Trinajstić information content (AvgIpc) is 2.82. The smallest absolute Gasteiger partial charge is 0.252 e. The van der Waals surface area contributed by atoms with E-state index in [1.54, 1.807) is 18.3 Å². The quantitative estimate of drug-likeness (QED) is 0.870. The highest BCUT2D eigenvalue weighted by atomic mass is 16.1. The number of benzene rings is 1. The zero-order valence-electron chi connectivity index (χ0n) is 9.84. The second-order valence-electron chi connectivity index (χ2n) is 4.27. The summed E-state index contributed by atoms with van der Waals surface area (Å²) in [4.78, 5) is 17.8. The van der Waals surface area contributed by atoms with Crippen molar-refractivity contribution in [2.75, 3.05) is 11.4 Å². The number of hydrogen-bond acceptors (Lipinski definition) is 3. The Balaban J connectivity index is 2.10. The fraction of sp³-hybridized carbons (Fsp3) is 0.143. The lowest BCUT2D eigenvalue weighted by atomic mass is 10.2. The van der Waals surface area contributed by atoms with E-state index in [1.807, 2.05) is 18.2 Å². The molecule has 2 N–H and O–H groups in total. The zero-order chi connectivity index (χ0) is 12.5. The summed E-state index contributed by atoms with van der Waals surface area (Å²) in [5.41, 5.74) is 8.25. The van der Waals surface area contributed by atoms with Crippen molar-refractivity contribution in [1.29, 1.82) is 0 Å². The first kappa shape index (κ1) is 10.8. The van der Waals surface area contributed by atoms with Gasteiger partial charge in [-0.2, -0.15) is 0 Å². The number of nitrogens with zero attached hydrogens (tertiary/aromatic N) is 2. The first-order valence-corrected chi connectivity index (χ1v) is 5.87. The number of pyridine rings is 1. The molecular weight excluding hydrogens is 226 g/mol. The Kier molecular flexibility index (Phi) is 2.48. The van der Waals surface area contributed by atoms with Crippen LogP contribution in [0.15, 0.2) is 42.6 Å². The van der Waals surface area contributed by atoms with Gasteiger partial charge in [-0.05, 0) is 30.2 Å². The molecule has 1 aromatic heterocycles. The number of primary amides is 1. The largest absolute Gasteiger partial charge is 0.365 e. The van der Waals surface area contributed by atoms with Gasteiger partial charge in [0.1, 0.15) is 5.82 Å². The van der Waals surface area contributed by atoms with Gasteiger partial charge in [0.2, 0.25) is 0 Å². The molecule has 2 heterocycles. The van der Waals surface area contributed by atoms with Gasteiger partial charge >= 0.3 is 0 Å². The fourth-order valence-corrected chi connectivity index (χ4v) is 2.36. The second kappa shape index (κ2) is 4.14. The van der Waals surface area contributed by atoms with Gasteiger partial charge in [0.25, 0.3) is 5.91 Å². The minimum atomic E-state index is -0.442. The van der Waals surface area contributed by atoms with Crippen molar-refractivity contribution in [3.63, 3.8) is 0 Å². The summed E-state index contributed by atoms with van der Waals surface area (Å²) in [7, 11) is 0. The van der Waals surface area contributed by atoms with Gasteiger partial charge < -0.3 is 10.6 Å². The van der Waals surface area contributed by atoms with Gasteiger partial charge in [0, 0.05) is 18.4 Å². The van der Waals surface area contributed by atoms with E-state index in [2.05, 4.69) is 16.0 Å². The highest BCUT2D eigenvalue weighted by molar-refractivity contribution is 5.98. The molecule has 4 heteroatoms. The maximum absolute atomic E-state index is 11.4. The lowest BCUT2D eigenvalue weighted by Gasteiger charge is -2.20. The molecule has 0 saturated carbocycles. The van der Waals surface area contributed by atoms with Crippen molar-refractivity contribution in [1.82, 2.24) is 4.98 Å². The molecule has 1 aromatic carbocycles. The van der Waals surface area contributed by atoms with Crippen LogP contribution in [0.1, 0.15) is 15.9 Å². The van der Waals surface area contributed by atoms with Crippen molar-refractivity contribution in [2.24, 2.45) is 5.73 Å². The van der Waals surface area contributed by atoms with Crippen molar-refractivity contribution in [2.45, 2.75) is 6.42 Å². The molecule has 0 unspecified atom stereocenters. The Morgan fingerprint density at radius 1 is 1.22 bits per heavy atom. The van der Waals surface area contributed by atoms with Gasteiger partial charge in [-0.15, -0.1) is 0 Å². The monoisotopic (exact) mass is 239 g/mol. The third kappa shape index (κ3) is 1.62. The Hall–Kier alpha value is -2.36. The minimum Gasteiger partial charge on any atom is -0.365 e. The molecule has 1 aliphatic heterocycles. The Labute approximate surface area is 105 Å². The maximum atomic E-state index is 11.4. The van der Waals surface area contributed by atoms with E-state index in [0.717, 1.165) is 18.7 Å². The number of hydrogen-bond donors (Lipinski definition) is 1. The predicted molar refractivity (Wildman–Crippen MR) is 69.9 cm³/mol. The van der Waals surface area contributed by atoms with Crippen LogP contribution in [0.25, 0.3) is 0 Å². The van der Waals surface area contributed by atoms with E-state index >= 15 is 0 Å². The van der Waals surface area contributed by atoms with Crippen LogP contribution in [0.4, 0.5) is 11.5 Å². The molecule has 0 saturated heterocycles. The molecule has 3 rings (SSSR count). The summed E-state index contributed by atoms with van der Waals surface area (Å²) in [6.45, 7) is 0.830. The molecule has 0 radical (unpaired) electrons. The van der Waals surface area contributed by atoms with Gasteiger partial charge in [0.05, 0.1) is 5.56 Å². The van der Waals surface area contributed by atoms with E-state index in [1.165, 1.54) is 5.56 Å². The Morgan fingerprint density at radius 2 is 2.06 bits per heavy atom. The van der Waals surface area contributed by atoms with Gasteiger partial charge in [-0.3, -0.25) is 4.79 Å². The molecule has 4 nitrogen and oxygen atoms in total. The lowest BCUT2D eigenvalue weighted by Crippen LogP contribution is -2.21. The van der Waals surface area contributed by atoms with Gasteiger partial charge in [-0.1, -0.05) is 18.2 Å². The van der Waals surface area contributed by atoms with E-state index in [4.69, 9.17) is 5.73 Å². The number of fused-ring (bicyclic) bond motifs is 1. The average molecular weight is 239 g/mol. The molecule has 0 aliphatic carbocycles. The van der Waals surface area contributed by atoms with Gasteiger partial charge in [-0.25, -0.2) is 4.98 Å². The number of rotatable bonds is 2. The highest BCUT2D eigenvalue weighted by Crippen LogP contribution is 2.34. The number of anilines is 2. The van der Waals surface area contributed by atoms with Crippen molar-refractivity contribution in [3.05, 3.63) is 53.7 Å². The Morgan fingerprint density at radius 3 is 2.89 bits per heavy atom. The van der Waals surface area contributed by atoms with E-state index in [0.29, 0.717) is 11.4 Å². The number of aromatic nitrogens is 1. The molecule has 90 valence electrons. The van der Waals surface area contributed by atoms with Crippen LogP contribution in [0, 0.1) is 0 Å². The second-order valence-corrected chi connectivity index (χ2v) is 4.27. The van der Waals surface area contributed by atoms with E-state index in [9.17, 15) is 4.79 Å². The zero-order valence-corrected chi connectivity index (χ0v) is 9.84. The van der Waals surface area contributed by atoms with Crippen LogP contribution in [-0.2, 0) is 6.42 Å². The summed E-state index contributed by atoms with van der Waals surface area (Å²) in [6, 6.07) is 11.6. The van der Waals surface area contributed by atoms with Crippen molar-refractivity contribution >= 4 is 17.4 Å². The molecule has 1 amide bonds. The Bertz CT molecular complexity index is 609. The van der Waals surface area contributed by atoms with Gasteiger partial charge in [0.15, 0.2) is 0 Å². The topological polar surface area (TPSA) is 59.2 Å². The molecule has 0 atom stereocenters. The summed E-state index contributed by atoms with van der Waals surface area (Å²) in [6.07, 6.45) is 2.65. The summed E-state index contributed by atoms with van der Waals surface area (Å²) >= 11 is 0. The number of carbonyl (C=O) groups excluding carboxylic acids is 1. The molecule has 0 spiro atoms. The molecule has 2 aromatic rings. The van der Waals surface area contributed by atoms with Crippen LogP contribution < -0.4 is 10.6 Å². The lowest BCUT2D eigenvalue weighted by molar-refractivity contribution is 0.100. The molecular formula is C14H13N3O. The molecule has 1 aliphatic rings. The summed E-state index contributed by atoms with van der Waals surface area (Å²) in [5, 5.41) is 0. The number of carbonyl (C=O) groups is 1. The van der Waals surface area contributed by atoms with Crippen LogP contribution >= 0.6 is 0 Å². The minimum absolute atomic E-state index is 0.442. The first-order valence-electron chi connectivity index (χ1n) is 5.87. The number of para-hydroxylation sites is 1. The van der Waals surface area contributed by atoms with Crippen molar-refractivity contribution < 1.29 is 4.79 Å². The summed E-state index contributed by atoms with van der Waals surface area (Å²) in [5.74, 6) is 0.206. The molecule has 0 fully saturated rings. The van der Waals surface area contributed by atoms with Crippen LogP contribution in [-0.4, -0.2) is 17.4 Å². The maximum Gasteiger partial charge on any atom is 0.252 e. The number of amides is 1. The first-order chi connectivity index (χ1) is 8.77. The molecule has 0 bridgehead atoms. The standard InChI is InChI=1S/C14H13N3O/c15-13(18)11-5-3-8-16-14(11)17-9-7-10-4-1-2-6-12(10)17/h1-6,8H,7,9H2,(H2,15,18). The van der Waals surface area contributed by atoms with Crippen LogP contribution in [0.5, 0.6) is 0 Å². The highest BCUT2D eigenvalue weighted by Gasteiger charge is 2.23. The normalized spacial score (nSPS) is 13.4. The number of nitrogens with two attached hydrogens (primary N) is 1. The summed E-state index contributed by atoms with van der Waals surface area (Å²) < 4.78 is 0. The fourth-order valence-electron chi connectivity index (χ4n) is 2.36. The SMILES string of the molecule is NC(=O)c1cccnc1N1CCc2ccccc21. The van der Waals surface area contributed by atoms with Crippen molar-refractivity contribution in [3.8, 4) is 0 Å². The van der Waals surface area contributed by atoms with E-state index in [-0.39, 0.29) is 0 Å². The van der Waals surface area contributed by atoms with Crippen LogP contribution in [0.2, 0.25) is 0 Å². The third-order valence-electron chi connectivity index (χ3n) is 3.19. The molecule has 18 heavy (non-hydrogen) atoms. The van der Waals surface area contributed by atoms with E-state index < -0.39 is 5.91 Å². The van der Waals surface area contributed by atoms with Crippen LogP contribution in [0.3, 0.4) is 0 Å². The third-order valence-corrected chi connectivity index (χ3v) is 3.19. The predicted octanol–water partition coefficient (Wildman–Crippen LogP) is 1.87.